The molecular weight excluding hydrogens is 612 g/mol. The molecular formula is C34H40N2O11. The maximum atomic E-state index is 13.7. The zero-order valence-electron chi connectivity index (χ0n) is 27.1. The van der Waals surface area contributed by atoms with E-state index in [1.165, 1.54) is 46.1 Å². The third kappa shape index (κ3) is 5.93. The van der Waals surface area contributed by atoms with Crippen LogP contribution in [0.15, 0.2) is 30.3 Å². The van der Waals surface area contributed by atoms with Crippen molar-refractivity contribution in [2.24, 2.45) is 17.8 Å². The van der Waals surface area contributed by atoms with Gasteiger partial charge < -0.3 is 43.2 Å². The summed E-state index contributed by atoms with van der Waals surface area (Å²) >= 11 is 0. The van der Waals surface area contributed by atoms with E-state index in [0.717, 1.165) is 29.6 Å². The van der Waals surface area contributed by atoms with Crippen LogP contribution in [-0.2, 0) is 30.2 Å². The molecule has 13 heteroatoms. The first-order chi connectivity index (χ1) is 22.7. The van der Waals surface area contributed by atoms with E-state index in [0.29, 0.717) is 19.4 Å². The quantitative estimate of drug-likeness (QED) is 0.201. The first-order valence-corrected chi connectivity index (χ1v) is 15.7. The molecule has 2 aliphatic heterocycles. The van der Waals surface area contributed by atoms with Crippen molar-refractivity contribution in [3.8, 4) is 23.0 Å². The van der Waals surface area contributed by atoms with Crippen molar-refractivity contribution < 1.29 is 52.6 Å². The zero-order valence-corrected chi connectivity index (χ0v) is 27.1. The lowest BCUT2D eigenvalue weighted by Crippen LogP contribution is -2.58. The second-order valence-electron chi connectivity index (χ2n) is 12.1. The number of carbonyl (C=O) groups excluding carboxylic acids is 3. The molecule has 252 valence electrons. The maximum absolute atomic E-state index is 13.7. The summed E-state index contributed by atoms with van der Waals surface area (Å²) in [5.74, 6) is -1.54. The number of aromatic amines is 1. The number of esters is 2. The fraction of sp³-hybridized carbons (Fsp3) is 0.500. The summed E-state index contributed by atoms with van der Waals surface area (Å²) < 4.78 is 38.2. The third-order valence-corrected chi connectivity index (χ3v) is 9.78. The van der Waals surface area contributed by atoms with Crippen LogP contribution in [-0.4, -0.2) is 93.4 Å². The van der Waals surface area contributed by atoms with Crippen molar-refractivity contribution in [2.75, 3.05) is 48.1 Å². The van der Waals surface area contributed by atoms with E-state index < -0.39 is 36.2 Å². The predicted octanol–water partition coefficient (Wildman–Crippen LogP) is 4.39. The Morgan fingerprint density at radius 3 is 2.43 bits per heavy atom. The molecule has 3 heterocycles. The first kappa shape index (κ1) is 32.5. The van der Waals surface area contributed by atoms with Crippen LogP contribution < -0.4 is 14.2 Å². The minimum Gasteiger partial charge on any atom is -0.508 e. The number of hydrogen-bond donors (Lipinski definition) is 2. The number of nitrogens with zero attached hydrogens (tertiary/aromatic N) is 1. The molecule has 1 saturated carbocycles. The number of piperidine rings is 1. The number of nitrogens with one attached hydrogen (secondary N) is 1. The number of phenols is 1. The van der Waals surface area contributed by atoms with Gasteiger partial charge in [-0.25, -0.2) is 9.59 Å². The topological polar surface area (TPSA) is 155 Å². The van der Waals surface area contributed by atoms with Crippen LogP contribution in [0.2, 0.25) is 0 Å². The van der Waals surface area contributed by atoms with E-state index in [9.17, 15) is 19.5 Å². The van der Waals surface area contributed by atoms with Gasteiger partial charge in [-0.3, -0.25) is 9.69 Å². The molecule has 0 spiro atoms. The van der Waals surface area contributed by atoms with Gasteiger partial charge in [-0.1, -0.05) is 0 Å². The molecule has 47 heavy (non-hydrogen) atoms. The standard InChI is InChI=1S/C34H40N2O11/c1-6-45-34(40)47-30-25(41-2)11-17(12-26(30)42-3)32(38)46-27-13-18-16-36-10-9-21-20-8-7-19(37)14-23(20)35-29(21)24(36)15-22(18)28(31(27)43-4)33(39)44-5/h7-8,11-12,14,18,22,24,27-28,31,35,37H,6,9-10,13,15-16H2,1-5H3/t18-,22+,24-,27-,28+,31+/m1/s1. The lowest BCUT2D eigenvalue weighted by atomic mass is 9.63. The number of fused-ring (bicyclic) bond motifs is 6. The van der Waals surface area contributed by atoms with E-state index in [4.69, 9.17) is 33.2 Å². The van der Waals surface area contributed by atoms with Crippen LogP contribution in [0.3, 0.4) is 0 Å². The van der Waals surface area contributed by atoms with Gasteiger partial charge in [0.1, 0.15) is 18.0 Å². The molecule has 0 radical (unpaired) electrons. The van der Waals surface area contributed by atoms with Crippen molar-refractivity contribution in [1.29, 1.82) is 0 Å². The molecule has 0 unspecified atom stereocenters. The molecule has 13 nitrogen and oxygen atoms in total. The highest BCUT2D eigenvalue weighted by atomic mass is 16.7. The predicted molar refractivity (Wildman–Crippen MR) is 167 cm³/mol. The average molecular weight is 653 g/mol. The number of phenolic OH excluding ortho intramolecular Hbond substituents is 1. The Hall–Kier alpha value is -4.49. The van der Waals surface area contributed by atoms with Gasteiger partial charge >= 0.3 is 18.1 Å². The highest BCUT2D eigenvalue weighted by Crippen LogP contribution is 2.51. The second kappa shape index (κ2) is 13.3. The van der Waals surface area contributed by atoms with Gasteiger partial charge in [0.25, 0.3) is 0 Å². The van der Waals surface area contributed by atoms with Crippen LogP contribution >= 0.6 is 0 Å². The molecule has 1 aliphatic carbocycles. The molecule has 1 saturated heterocycles. The highest BCUT2D eigenvalue weighted by molar-refractivity contribution is 5.92. The minimum atomic E-state index is -0.948. The second-order valence-corrected chi connectivity index (χ2v) is 12.1. The monoisotopic (exact) mass is 652 g/mol. The van der Waals surface area contributed by atoms with Crippen LogP contribution in [0, 0.1) is 17.8 Å². The molecule has 1 aromatic heterocycles. The Morgan fingerprint density at radius 2 is 1.77 bits per heavy atom. The fourth-order valence-corrected chi connectivity index (χ4v) is 7.77. The number of carbonyl (C=O) groups is 3. The van der Waals surface area contributed by atoms with Crippen molar-refractivity contribution in [3.63, 3.8) is 0 Å². The Labute approximate surface area is 271 Å². The van der Waals surface area contributed by atoms with E-state index in [-0.39, 0.29) is 53.0 Å². The number of ether oxygens (including phenoxy) is 7. The van der Waals surface area contributed by atoms with Crippen LogP contribution in [0.4, 0.5) is 4.79 Å². The van der Waals surface area contributed by atoms with Crippen molar-refractivity contribution in [1.82, 2.24) is 9.88 Å². The summed E-state index contributed by atoms with van der Waals surface area (Å²) in [7, 11) is 5.60. The highest BCUT2D eigenvalue weighted by Gasteiger charge is 2.54. The van der Waals surface area contributed by atoms with Gasteiger partial charge in [-0.15, -0.1) is 0 Å². The van der Waals surface area contributed by atoms with E-state index in [2.05, 4.69) is 9.88 Å². The summed E-state index contributed by atoms with van der Waals surface area (Å²) in [5, 5.41) is 11.2. The Morgan fingerprint density at radius 1 is 1.02 bits per heavy atom. The molecule has 3 aromatic rings. The summed E-state index contributed by atoms with van der Waals surface area (Å²) in [4.78, 5) is 45.1. The largest absolute Gasteiger partial charge is 0.514 e. The zero-order chi connectivity index (χ0) is 33.4. The smallest absolute Gasteiger partial charge is 0.508 e. The maximum Gasteiger partial charge on any atom is 0.514 e. The van der Waals surface area contributed by atoms with Gasteiger partial charge in [0.2, 0.25) is 5.75 Å². The number of H-pyrrole nitrogens is 1. The summed E-state index contributed by atoms with van der Waals surface area (Å²) in [6, 6.07) is 8.23. The lowest BCUT2D eigenvalue weighted by Gasteiger charge is -2.52. The minimum absolute atomic E-state index is 0.0268. The molecule has 6 atom stereocenters. The van der Waals surface area contributed by atoms with Gasteiger partial charge in [0.05, 0.1) is 45.5 Å². The average Bonchev–Trinajstić information content (AvgIpc) is 3.44. The molecule has 3 aliphatic rings. The molecule has 0 bridgehead atoms. The van der Waals surface area contributed by atoms with Crippen LogP contribution in [0.5, 0.6) is 23.0 Å². The number of hydrogen-bond acceptors (Lipinski definition) is 12. The van der Waals surface area contributed by atoms with Crippen molar-refractivity contribution in [3.05, 3.63) is 47.2 Å². The summed E-state index contributed by atoms with van der Waals surface area (Å²) in [5.41, 5.74) is 3.34. The molecule has 2 N–H and O–H groups in total. The van der Waals surface area contributed by atoms with E-state index in [1.54, 1.807) is 19.1 Å². The Bertz CT molecular complexity index is 1640. The molecule has 2 aromatic carbocycles. The fourth-order valence-electron chi connectivity index (χ4n) is 7.77. The Balaban J connectivity index is 1.27. The third-order valence-electron chi connectivity index (χ3n) is 9.78. The van der Waals surface area contributed by atoms with E-state index >= 15 is 0 Å². The van der Waals surface area contributed by atoms with Gasteiger partial charge in [0.15, 0.2) is 11.5 Å². The normalized spacial score (nSPS) is 25.1. The molecule has 0 amide bonds. The molecule has 2 fully saturated rings. The number of rotatable bonds is 8. The number of aromatic hydroxyl groups is 1. The molecule has 6 rings (SSSR count). The SMILES string of the molecule is CCOC(=O)Oc1c(OC)cc(C(=O)O[C@@H]2C[C@@H]3CN4CCc5c([nH]c6cc(O)ccc56)[C@H]4C[C@@H]3[C@H](C(=O)OC)[C@H]2OC)cc1OC. The number of aromatic nitrogens is 1. The number of methoxy groups -OCH3 is 4. The number of benzene rings is 2. The van der Waals surface area contributed by atoms with Gasteiger partial charge in [-0.05, 0) is 67.9 Å². The van der Waals surface area contributed by atoms with Gasteiger partial charge in [0, 0.05) is 42.9 Å². The summed E-state index contributed by atoms with van der Waals surface area (Å²) in [6.45, 7) is 3.30. The first-order valence-electron chi connectivity index (χ1n) is 15.7. The van der Waals surface area contributed by atoms with Crippen molar-refractivity contribution >= 4 is 29.0 Å². The van der Waals surface area contributed by atoms with Crippen molar-refractivity contribution in [2.45, 2.75) is 44.4 Å². The van der Waals surface area contributed by atoms with Crippen LogP contribution in [0.1, 0.15) is 47.4 Å². The Kier molecular flexibility index (Phi) is 9.20. The van der Waals surface area contributed by atoms with Crippen LogP contribution in [0.25, 0.3) is 10.9 Å². The van der Waals surface area contributed by atoms with E-state index in [1.807, 2.05) is 6.07 Å². The summed E-state index contributed by atoms with van der Waals surface area (Å²) in [6.07, 6.45) is -0.427. The lowest BCUT2D eigenvalue weighted by molar-refractivity contribution is -0.176. The van der Waals surface area contributed by atoms with Gasteiger partial charge in [-0.2, -0.15) is 0 Å².